The van der Waals surface area contributed by atoms with Crippen molar-refractivity contribution < 1.29 is 28.7 Å². The molecule has 39 heavy (non-hydrogen) atoms. The van der Waals surface area contributed by atoms with Gasteiger partial charge >= 0.3 is 12.1 Å². The summed E-state index contributed by atoms with van der Waals surface area (Å²) in [6.45, 7) is 12.0. The number of hydrogen-bond donors (Lipinski definition) is 3. The molecule has 0 aliphatic carbocycles. The first-order chi connectivity index (χ1) is 18.4. The molecule has 1 aromatic heterocycles. The summed E-state index contributed by atoms with van der Waals surface area (Å²) in [6, 6.07) is 8.39. The number of methoxy groups -OCH3 is 1. The van der Waals surface area contributed by atoms with E-state index in [9.17, 15) is 19.2 Å². The zero-order valence-electron chi connectivity index (χ0n) is 22.1. The third-order valence-electron chi connectivity index (χ3n) is 5.20. The number of hydrogen-bond acceptors (Lipinski definition) is 9. The highest BCUT2D eigenvalue weighted by Crippen LogP contribution is 2.25. The second-order valence-electron chi connectivity index (χ2n) is 9.44. The van der Waals surface area contributed by atoms with Gasteiger partial charge in [0.1, 0.15) is 22.2 Å². The molecule has 1 atom stereocenters. The first-order valence-corrected chi connectivity index (χ1v) is 12.7. The summed E-state index contributed by atoms with van der Waals surface area (Å²) in [5.41, 5.74) is -1.37. The van der Waals surface area contributed by atoms with Crippen LogP contribution in [0.4, 0.5) is 10.5 Å². The van der Waals surface area contributed by atoms with Crippen molar-refractivity contribution in [2.24, 2.45) is 0 Å². The molecule has 2 rings (SSSR count). The van der Waals surface area contributed by atoms with E-state index in [0.29, 0.717) is 16.3 Å². The van der Waals surface area contributed by atoms with E-state index in [2.05, 4.69) is 25.8 Å². The van der Waals surface area contributed by atoms with Crippen molar-refractivity contribution in [3.63, 3.8) is 0 Å². The predicted octanol–water partition coefficient (Wildman–Crippen LogP) is 2.76. The van der Waals surface area contributed by atoms with Crippen molar-refractivity contribution in [1.82, 2.24) is 20.9 Å². The molecule has 13 heteroatoms. The number of alkyl carbamates (subject to hydrolysis) is 1. The van der Waals surface area contributed by atoms with E-state index in [1.54, 1.807) is 50.4 Å². The normalized spacial score (nSPS) is 12.2. The molecule has 206 valence electrons. The zero-order chi connectivity index (χ0) is 29.1. The molecular formula is C26H30N6O6S. The molecule has 3 amide bonds. The Labute approximate surface area is 230 Å². The number of nitrogens with one attached hydrogen (secondary N) is 3. The lowest BCUT2D eigenvalue weighted by molar-refractivity contribution is -0.155. The fourth-order valence-electron chi connectivity index (χ4n) is 3.49. The Balaban J connectivity index is 2.26. The molecule has 1 heterocycles. The molecule has 0 aliphatic heterocycles. The van der Waals surface area contributed by atoms with Gasteiger partial charge in [-0.1, -0.05) is 29.8 Å². The molecule has 3 N–H and O–H groups in total. The lowest BCUT2D eigenvalue weighted by Gasteiger charge is -2.33. The van der Waals surface area contributed by atoms with E-state index in [-0.39, 0.29) is 31.5 Å². The lowest BCUT2D eigenvalue weighted by atomic mass is 9.85. The van der Waals surface area contributed by atoms with Crippen LogP contribution in [0.5, 0.6) is 0 Å². The summed E-state index contributed by atoms with van der Waals surface area (Å²) in [5.74, 6) is -1.86. The van der Waals surface area contributed by atoms with Crippen molar-refractivity contribution in [3.8, 4) is 6.07 Å². The highest BCUT2D eigenvalue weighted by Gasteiger charge is 2.41. The van der Waals surface area contributed by atoms with Gasteiger partial charge in [-0.2, -0.15) is 5.26 Å². The number of nitriles is 1. The molecule has 0 spiro atoms. The number of esters is 1. The van der Waals surface area contributed by atoms with Gasteiger partial charge in [0, 0.05) is 18.2 Å². The van der Waals surface area contributed by atoms with Gasteiger partial charge in [-0.3, -0.25) is 14.4 Å². The van der Waals surface area contributed by atoms with Crippen LogP contribution in [0.3, 0.4) is 0 Å². The Bertz CT molecular complexity index is 1290. The number of carbonyl (C=O) groups excluding carboxylic acids is 4. The minimum atomic E-state index is -1.72. The Kier molecular flexibility index (Phi) is 10.9. The van der Waals surface area contributed by atoms with Crippen LogP contribution in [0, 0.1) is 17.9 Å². The quantitative estimate of drug-likeness (QED) is 0.282. The fraction of sp³-hybridized carbons (Fsp3) is 0.423. The van der Waals surface area contributed by atoms with Gasteiger partial charge in [-0.05, 0) is 27.2 Å². The minimum Gasteiger partial charge on any atom is -0.460 e. The average molecular weight is 555 g/mol. The Morgan fingerprint density at radius 1 is 1.21 bits per heavy atom. The zero-order valence-corrected chi connectivity index (χ0v) is 22.9. The molecule has 0 fully saturated rings. The second-order valence-corrected chi connectivity index (χ2v) is 10.4. The van der Waals surface area contributed by atoms with Gasteiger partial charge in [-0.25, -0.2) is 14.6 Å². The number of benzene rings is 1. The van der Waals surface area contributed by atoms with Crippen LogP contribution in [-0.4, -0.2) is 53.7 Å². The maximum Gasteiger partial charge on any atom is 0.407 e. The summed E-state index contributed by atoms with van der Waals surface area (Å²) in [4.78, 5) is 58.3. The molecule has 0 bridgehead atoms. The van der Waals surface area contributed by atoms with Crippen LogP contribution < -0.4 is 16.0 Å². The van der Waals surface area contributed by atoms with Gasteiger partial charge in [0.15, 0.2) is 11.4 Å². The van der Waals surface area contributed by atoms with Crippen molar-refractivity contribution in [3.05, 3.63) is 57.3 Å². The minimum absolute atomic E-state index is 0.0642. The number of nitrogens with zero attached hydrogens (tertiary/aromatic N) is 3. The van der Waals surface area contributed by atoms with Crippen LogP contribution in [-0.2, 0) is 36.8 Å². The molecule has 0 saturated carbocycles. The average Bonchev–Trinajstić information content (AvgIpc) is 3.36. The summed E-state index contributed by atoms with van der Waals surface area (Å²) >= 11 is 1.21. The van der Waals surface area contributed by atoms with Gasteiger partial charge in [0.2, 0.25) is 11.8 Å². The van der Waals surface area contributed by atoms with Gasteiger partial charge in [-0.15, -0.1) is 11.3 Å². The largest absolute Gasteiger partial charge is 0.460 e. The monoisotopic (exact) mass is 554 g/mol. The Morgan fingerprint density at radius 3 is 2.56 bits per heavy atom. The summed E-state index contributed by atoms with van der Waals surface area (Å²) in [5, 5.41) is 18.6. The second kappa shape index (κ2) is 13.9. The summed E-state index contributed by atoms with van der Waals surface area (Å²) < 4.78 is 10.1. The Hall–Kier alpha value is -4.49. The molecule has 0 saturated heterocycles. The summed E-state index contributed by atoms with van der Waals surface area (Å²) in [7, 11) is 1.13. The van der Waals surface area contributed by atoms with E-state index in [1.807, 2.05) is 6.07 Å². The van der Waals surface area contributed by atoms with Crippen molar-refractivity contribution >= 4 is 40.9 Å². The molecule has 12 nitrogen and oxygen atoms in total. The van der Waals surface area contributed by atoms with Crippen LogP contribution in [0.15, 0.2) is 29.6 Å². The molecular weight excluding hydrogens is 524 g/mol. The number of rotatable bonds is 11. The standard InChI is InChI=1S/C26H30N6O6S/c1-25(2,3)38-22(34)9-10-26(32-24(36)37-5,12-17-7-6-8-18(11-17)28-4)23(35)30-14-20(33)29-15-21-31-19(13-27)16-39-21/h6-8,11,16H,9-10,12,14-15H2,1-3,5H3,(H,29,33)(H,30,35)(H,32,36)/t26-/m1/s1. The molecule has 0 aliphatic rings. The maximum absolute atomic E-state index is 13.6. The number of amides is 3. The maximum atomic E-state index is 13.6. The number of carbonyl (C=O) groups is 4. The SMILES string of the molecule is [C-]#[N+]c1cccc(C[C@@](CCC(=O)OC(C)(C)C)(NC(=O)OC)C(=O)NCC(=O)NCc2nc(C#N)cs2)c1. The first-order valence-electron chi connectivity index (χ1n) is 11.8. The van der Waals surface area contributed by atoms with Crippen LogP contribution in [0.1, 0.15) is 49.9 Å². The molecule has 2 aromatic rings. The van der Waals surface area contributed by atoms with E-state index < -0.39 is 41.6 Å². The van der Waals surface area contributed by atoms with Crippen molar-refractivity contribution in [2.45, 2.75) is 57.7 Å². The Morgan fingerprint density at radius 2 is 1.95 bits per heavy atom. The van der Waals surface area contributed by atoms with Crippen molar-refractivity contribution in [1.29, 1.82) is 5.26 Å². The lowest BCUT2D eigenvalue weighted by Crippen LogP contribution is -2.61. The van der Waals surface area contributed by atoms with Crippen molar-refractivity contribution in [2.75, 3.05) is 13.7 Å². The summed E-state index contributed by atoms with van der Waals surface area (Å²) in [6.07, 6.45) is -1.42. The number of ether oxygens (including phenoxy) is 2. The van der Waals surface area contributed by atoms with Crippen LogP contribution >= 0.6 is 11.3 Å². The molecule has 0 radical (unpaired) electrons. The predicted molar refractivity (Wildman–Crippen MR) is 141 cm³/mol. The van der Waals surface area contributed by atoms with E-state index in [0.717, 1.165) is 7.11 Å². The molecule has 0 unspecified atom stereocenters. The fourth-order valence-corrected chi connectivity index (χ4v) is 4.15. The number of aromatic nitrogens is 1. The third kappa shape index (κ3) is 10.1. The number of thiazole rings is 1. The topological polar surface area (TPSA) is 164 Å². The van der Waals surface area contributed by atoms with E-state index in [1.165, 1.54) is 11.3 Å². The first kappa shape index (κ1) is 30.7. The van der Waals surface area contributed by atoms with Gasteiger partial charge in [0.05, 0.1) is 26.8 Å². The van der Waals surface area contributed by atoms with E-state index >= 15 is 0 Å². The van der Waals surface area contributed by atoms with Gasteiger partial charge in [0.25, 0.3) is 0 Å². The van der Waals surface area contributed by atoms with Crippen LogP contribution in [0.2, 0.25) is 0 Å². The van der Waals surface area contributed by atoms with Crippen LogP contribution in [0.25, 0.3) is 4.85 Å². The smallest absolute Gasteiger partial charge is 0.407 e. The molecule has 1 aromatic carbocycles. The third-order valence-corrected chi connectivity index (χ3v) is 6.04. The highest BCUT2D eigenvalue weighted by molar-refractivity contribution is 7.09. The van der Waals surface area contributed by atoms with Gasteiger partial charge < -0.3 is 25.4 Å². The highest BCUT2D eigenvalue weighted by atomic mass is 32.1. The van der Waals surface area contributed by atoms with E-state index in [4.69, 9.17) is 21.3 Å².